The van der Waals surface area contributed by atoms with E-state index in [4.69, 9.17) is 0 Å². The molecule has 0 unspecified atom stereocenters. The van der Waals surface area contributed by atoms with Gasteiger partial charge in [-0.05, 0) is 17.7 Å². The van der Waals surface area contributed by atoms with Crippen LogP contribution >= 0.6 is 0 Å². The van der Waals surface area contributed by atoms with Crippen LogP contribution in [-0.4, -0.2) is 9.97 Å². The van der Waals surface area contributed by atoms with E-state index in [1.165, 1.54) is 0 Å². The first-order valence-corrected chi connectivity index (χ1v) is 6.36. The molecule has 2 aromatic heterocycles. The molecule has 0 saturated carbocycles. The van der Waals surface area contributed by atoms with E-state index in [1.54, 1.807) is 12.1 Å². The van der Waals surface area contributed by atoms with Crippen LogP contribution in [0.3, 0.4) is 0 Å². The van der Waals surface area contributed by atoms with Crippen LogP contribution in [0.15, 0.2) is 60.2 Å². The van der Waals surface area contributed by atoms with Gasteiger partial charge in [-0.3, -0.25) is 4.79 Å². The van der Waals surface area contributed by atoms with Crippen molar-refractivity contribution in [2.24, 2.45) is 0 Å². The Morgan fingerprint density at radius 3 is 2.70 bits per heavy atom. The molecule has 1 N–H and O–H groups in total. The highest BCUT2D eigenvalue weighted by atomic mass is 16.1. The minimum absolute atomic E-state index is 0.103. The van der Waals surface area contributed by atoms with Crippen LogP contribution in [0.25, 0.3) is 17.0 Å². The number of pyridine rings is 1. The predicted octanol–water partition coefficient (Wildman–Crippen LogP) is 1.90. The molecule has 0 radical (unpaired) electrons. The summed E-state index contributed by atoms with van der Waals surface area (Å²) >= 11 is 0. The van der Waals surface area contributed by atoms with Gasteiger partial charge >= 0.3 is 0 Å². The van der Waals surface area contributed by atoms with Gasteiger partial charge in [-0.15, -0.1) is 0 Å². The second-order valence-electron chi connectivity index (χ2n) is 4.54. The molecule has 0 saturated heterocycles. The summed E-state index contributed by atoms with van der Waals surface area (Å²) in [5, 5.41) is 0.614. The highest BCUT2D eigenvalue weighted by Crippen LogP contribution is 2.05. The molecule has 0 aliphatic heterocycles. The van der Waals surface area contributed by atoms with Crippen molar-refractivity contribution in [1.29, 1.82) is 0 Å². The summed E-state index contributed by atoms with van der Waals surface area (Å²) in [7, 11) is 0. The van der Waals surface area contributed by atoms with Crippen molar-refractivity contribution in [3.63, 3.8) is 0 Å². The van der Waals surface area contributed by atoms with Crippen molar-refractivity contribution in [2.45, 2.75) is 6.54 Å². The molecule has 0 aliphatic rings. The summed E-state index contributed by atoms with van der Waals surface area (Å²) in [6, 6.07) is 11.3. The maximum absolute atomic E-state index is 12.0. The fourth-order valence-corrected chi connectivity index (χ4v) is 2.09. The Balaban J connectivity index is 1.97. The van der Waals surface area contributed by atoms with Gasteiger partial charge in [0.1, 0.15) is 0 Å². The SMILES string of the molecule is C=Cc1cc[n+](Cc2nc3ccccc3c(=O)[nH]2)cc1. The number of para-hydroxylation sites is 1. The third-order valence-corrected chi connectivity index (χ3v) is 3.15. The van der Waals surface area contributed by atoms with Crippen molar-refractivity contribution < 1.29 is 4.57 Å². The Morgan fingerprint density at radius 2 is 1.95 bits per heavy atom. The lowest BCUT2D eigenvalue weighted by Crippen LogP contribution is -2.35. The van der Waals surface area contributed by atoms with Gasteiger partial charge in [0.2, 0.25) is 6.54 Å². The number of H-pyrrole nitrogens is 1. The number of hydrogen-bond acceptors (Lipinski definition) is 2. The molecule has 3 rings (SSSR count). The van der Waals surface area contributed by atoms with Gasteiger partial charge in [0.15, 0.2) is 18.2 Å². The molecule has 0 aliphatic carbocycles. The second kappa shape index (κ2) is 5.09. The van der Waals surface area contributed by atoms with Gasteiger partial charge in [-0.25, -0.2) is 4.98 Å². The molecular formula is C16H14N3O+. The topological polar surface area (TPSA) is 49.6 Å². The van der Waals surface area contributed by atoms with Gasteiger partial charge < -0.3 is 4.98 Å². The van der Waals surface area contributed by atoms with Gasteiger partial charge in [0, 0.05) is 12.1 Å². The smallest absolute Gasteiger partial charge is 0.258 e. The highest BCUT2D eigenvalue weighted by Gasteiger charge is 2.07. The number of fused-ring (bicyclic) bond motifs is 1. The van der Waals surface area contributed by atoms with Crippen molar-refractivity contribution in [3.05, 3.63) is 77.1 Å². The van der Waals surface area contributed by atoms with Crippen LogP contribution in [-0.2, 0) is 6.54 Å². The first kappa shape index (κ1) is 12.3. The van der Waals surface area contributed by atoms with Crippen LogP contribution in [0.2, 0.25) is 0 Å². The quantitative estimate of drug-likeness (QED) is 0.735. The molecule has 20 heavy (non-hydrogen) atoms. The minimum Gasteiger partial charge on any atom is -0.305 e. The molecule has 0 bridgehead atoms. The Kier molecular flexibility index (Phi) is 3.13. The van der Waals surface area contributed by atoms with E-state index in [0.717, 1.165) is 11.1 Å². The lowest BCUT2D eigenvalue weighted by Gasteiger charge is -2.00. The zero-order chi connectivity index (χ0) is 13.9. The zero-order valence-electron chi connectivity index (χ0n) is 10.9. The molecule has 4 nitrogen and oxygen atoms in total. The van der Waals surface area contributed by atoms with E-state index in [0.29, 0.717) is 17.8 Å². The van der Waals surface area contributed by atoms with Crippen LogP contribution in [0.4, 0.5) is 0 Å². The lowest BCUT2D eigenvalue weighted by atomic mass is 10.2. The molecule has 1 aromatic carbocycles. The molecule has 4 heteroatoms. The molecular weight excluding hydrogens is 250 g/mol. The molecule has 0 atom stereocenters. The van der Waals surface area contributed by atoms with Crippen LogP contribution in [0.1, 0.15) is 11.4 Å². The molecule has 98 valence electrons. The average Bonchev–Trinajstić information content (AvgIpc) is 2.48. The summed E-state index contributed by atoms with van der Waals surface area (Å²) in [5.41, 5.74) is 1.67. The van der Waals surface area contributed by atoms with Crippen molar-refractivity contribution in [1.82, 2.24) is 9.97 Å². The molecule has 0 spiro atoms. The normalized spacial score (nSPS) is 10.6. The Labute approximate surface area is 116 Å². The number of rotatable bonds is 3. The van der Waals surface area contributed by atoms with Gasteiger partial charge in [0.25, 0.3) is 5.56 Å². The summed E-state index contributed by atoms with van der Waals surface area (Å²) in [6.07, 6.45) is 5.67. The third-order valence-electron chi connectivity index (χ3n) is 3.15. The fraction of sp³-hybridized carbons (Fsp3) is 0.0625. The number of benzene rings is 1. The maximum Gasteiger partial charge on any atom is 0.258 e. The van der Waals surface area contributed by atoms with Crippen LogP contribution in [0, 0.1) is 0 Å². The fourth-order valence-electron chi connectivity index (χ4n) is 2.09. The molecule has 0 amide bonds. The summed E-state index contributed by atoms with van der Waals surface area (Å²) in [4.78, 5) is 19.3. The largest absolute Gasteiger partial charge is 0.305 e. The van der Waals surface area contributed by atoms with E-state index in [9.17, 15) is 4.79 Å². The summed E-state index contributed by atoms with van der Waals surface area (Å²) < 4.78 is 1.96. The minimum atomic E-state index is -0.103. The lowest BCUT2D eigenvalue weighted by molar-refractivity contribution is -0.689. The van der Waals surface area contributed by atoms with Crippen molar-refractivity contribution >= 4 is 17.0 Å². The number of aromatic amines is 1. The first-order valence-electron chi connectivity index (χ1n) is 6.36. The van der Waals surface area contributed by atoms with E-state index < -0.39 is 0 Å². The van der Waals surface area contributed by atoms with Gasteiger partial charge in [0.05, 0.1) is 10.9 Å². The van der Waals surface area contributed by atoms with Crippen molar-refractivity contribution in [3.8, 4) is 0 Å². The molecule has 0 fully saturated rings. The average molecular weight is 264 g/mol. The van der Waals surface area contributed by atoms with E-state index in [2.05, 4.69) is 16.5 Å². The van der Waals surface area contributed by atoms with E-state index in [-0.39, 0.29) is 5.56 Å². The summed E-state index contributed by atoms with van der Waals surface area (Å²) in [6.45, 7) is 4.25. The second-order valence-corrected chi connectivity index (χ2v) is 4.54. The van der Waals surface area contributed by atoms with E-state index in [1.807, 2.05) is 47.3 Å². The number of aromatic nitrogens is 3. The van der Waals surface area contributed by atoms with Crippen molar-refractivity contribution in [2.75, 3.05) is 0 Å². The zero-order valence-corrected chi connectivity index (χ0v) is 10.9. The standard InChI is InChI=1S/C16H13N3O/c1-2-12-7-9-19(10-8-12)11-15-17-14-6-4-3-5-13(14)16(20)18-15/h2-10H,1,11H2/p+1. The van der Waals surface area contributed by atoms with E-state index >= 15 is 0 Å². The number of nitrogens with zero attached hydrogens (tertiary/aromatic N) is 2. The highest BCUT2D eigenvalue weighted by molar-refractivity contribution is 5.77. The third kappa shape index (κ3) is 2.36. The van der Waals surface area contributed by atoms with Gasteiger partial charge in [-0.1, -0.05) is 24.8 Å². The number of nitrogens with one attached hydrogen (secondary N) is 1. The molecule has 3 aromatic rings. The maximum atomic E-state index is 12.0. The van der Waals surface area contributed by atoms with Crippen LogP contribution in [0.5, 0.6) is 0 Å². The summed E-state index contributed by atoms with van der Waals surface area (Å²) in [5.74, 6) is 0.644. The Morgan fingerprint density at radius 1 is 1.20 bits per heavy atom. The Hall–Kier alpha value is -2.75. The van der Waals surface area contributed by atoms with Crippen LogP contribution < -0.4 is 10.1 Å². The molecule has 2 heterocycles. The first-order chi connectivity index (χ1) is 9.76. The van der Waals surface area contributed by atoms with Gasteiger partial charge in [-0.2, -0.15) is 4.57 Å². The number of hydrogen-bond donors (Lipinski definition) is 1. The monoisotopic (exact) mass is 264 g/mol. The Bertz CT molecular complexity index is 819. The predicted molar refractivity (Wildman–Crippen MR) is 78.2 cm³/mol.